The molecule has 1 saturated heterocycles. The van der Waals surface area contributed by atoms with Crippen LogP contribution in [0.3, 0.4) is 0 Å². The van der Waals surface area contributed by atoms with Gasteiger partial charge in [0.15, 0.2) is 10.8 Å². The van der Waals surface area contributed by atoms with Crippen molar-refractivity contribution in [3.63, 3.8) is 0 Å². The highest BCUT2D eigenvalue weighted by molar-refractivity contribution is 7.99. The van der Waals surface area contributed by atoms with Gasteiger partial charge >= 0.3 is 6.18 Å². The molecule has 0 bridgehead atoms. The lowest BCUT2D eigenvalue weighted by atomic mass is 9.92. The maximum Gasteiger partial charge on any atom is 0.417 e. The fourth-order valence-corrected chi connectivity index (χ4v) is 4.33. The van der Waals surface area contributed by atoms with Crippen molar-refractivity contribution in [2.24, 2.45) is 11.8 Å². The molecule has 3 rings (SSSR count). The van der Waals surface area contributed by atoms with Crippen LogP contribution in [0.4, 0.5) is 13.2 Å². The van der Waals surface area contributed by atoms with Gasteiger partial charge in [-0.25, -0.2) is 0 Å². The van der Waals surface area contributed by atoms with E-state index in [1.165, 1.54) is 4.40 Å². The first-order chi connectivity index (χ1) is 12.1. The molecule has 1 aliphatic heterocycles. The Bertz CT molecular complexity index is 816. The summed E-state index contributed by atoms with van der Waals surface area (Å²) in [7, 11) is 0. The highest BCUT2D eigenvalue weighted by atomic mass is 35.5. The minimum Gasteiger partial charge on any atom is -0.341 e. The summed E-state index contributed by atoms with van der Waals surface area (Å²) in [6.45, 7) is 5.62. The van der Waals surface area contributed by atoms with Crippen molar-refractivity contribution in [1.82, 2.24) is 19.5 Å². The van der Waals surface area contributed by atoms with E-state index in [-0.39, 0.29) is 27.5 Å². The smallest absolute Gasteiger partial charge is 0.341 e. The number of fused-ring (bicyclic) bond motifs is 1. The Kier molecular flexibility index (Phi) is 5.39. The average Bonchev–Trinajstić information content (AvgIpc) is 2.94. The number of carbonyl (C=O) groups excluding carboxylic acids is 1. The number of piperidine rings is 1. The molecule has 2 aromatic rings. The number of thioether (sulfide) groups is 1. The van der Waals surface area contributed by atoms with Gasteiger partial charge in [-0.1, -0.05) is 37.2 Å². The van der Waals surface area contributed by atoms with Crippen molar-refractivity contribution in [2.45, 2.75) is 31.6 Å². The van der Waals surface area contributed by atoms with Gasteiger partial charge in [0.2, 0.25) is 5.91 Å². The van der Waals surface area contributed by atoms with Gasteiger partial charge < -0.3 is 4.90 Å². The number of alkyl halides is 3. The number of rotatable bonds is 3. The Morgan fingerprint density at radius 3 is 2.58 bits per heavy atom. The minimum atomic E-state index is -4.53. The van der Waals surface area contributed by atoms with E-state index in [2.05, 4.69) is 24.0 Å². The molecule has 10 heteroatoms. The summed E-state index contributed by atoms with van der Waals surface area (Å²) in [5.41, 5.74) is -0.753. The number of carbonyl (C=O) groups is 1. The third-order valence-corrected chi connectivity index (χ3v) is 5.51. The zero-order chi connectivity index (χ0) is 19.1. The van der Waals surface area contributed by atoms with Gasteiger partial charge in [0.1, 0.15) is 0 Å². The van der Waals surface area contributed by atoms with E-state index in [1.54, 1.807) is 0 Å². The van der Waals surface area contributed by atoms with Gasteiger partial charge in [-0.05, 0) is 24.3 Å². The topological polar surface area (TPSA) is 50.5 Å². The molecule has 26 heavy (non-hydrogen) atoms. The van der Waals surface area contributed by atoms with Gasteiger partial charge in [-0.15, -0.1) is 10.2 Å². The van der Waals surface area contributed by atoms with Gasteiger partial charge in [-0.3, -0.25) is 9.20 Å². The maximum atomic E-state index is 13.0. The van der Waals surface area contributed by atoms with E-state index in [1.807, 2.05) is 4.90 Å². The Morgan fingerprint density at radius 1 is 1.31 bits per heavy atom. The van der Waals surface area contributed by atoms with Crippen molar-refractivity contribution in [3.05, 3.63) is 22.8 Å². The Hall–Kier alpha value is -1.48. The maximum absolute atomic E-state index is 13.0. The second-order valence-corrected chi connectivity index (χ2v) is 8.13. The molecule has 1 amide bonds. The molecule has 0 N–H and O–H groups in total. The first-order valence-electron chi connectivity index (χ1n) is 8.17. The quantitative estimate of drug-likeness (QED) is 0.723. The van der Waals surface area contributed by atoms with Crippen LogP contribution in [0, 0.1) is 11.8 Å². The molecule has 5 nitrogen and oxygen atoms in total. The lowest BCUT2D eigenvalue weighted by Crippen LogP contribution is -2.43. The van der Waals surface area contributed by atoms with Crippen molar-refractivity contribution in [1.29, 1.82) is 0 Å². The molecule has 3 heterocycles. The summed E-state index contributed by atoms with van der Waals surface area (Å²) in [6.07, 6.45) is -2.54. The molecule has 2 unspecified atom stereocenters. The third-order valence-electron chi connectivity index (χ3n) is 4.30. The van der Waals surface area contributed by atoms with Gasteiger partial charge in [0, 0.05) is 19.3 Å². The molecule has 1 fully saturated rings. The third kappa shape index (κ3) is 4.09. The predicted molar refractivity (Wildman–Crippen MR) is 93.2 cm³/mol. The lowest BCUT2D eigenvalue weighted by molar-refractivity contribution is -0.138. The molecule has 0 radical (unpaired) electrons. The largest absolute Gasteiger partial charge is 0.417 e. The van der Waals surface area contributed by atoms with Crippen LogP contribution < -0.4 is 0 Å². The summed E-state index contributed by atoms with van der Waals surface area (Å²) in [4.78, 5) is 14.3. The van der Waals surface area contributed by atoms with E-state index < -0.39 is 11.7 Å². The average molecular weight is 407 g/mol. The van der Waals surface area contributed by atoms with Crippen LogP contribution in [0.1, 0.15) is 25.8 Å². The van der Waals surface area contributed by atoms with Gasteiger partial charge in [0.25, 0.3) is 0 Å². The van der Waals surface area contributed by atoms with Crippen LogP contribution in [0.2, 0.25) is 5.02 Å². The van der Waals surface area contributed by atoms with E-state index in [9.17, 15) is 18.0 Å². The SMILES string of the molecule is CC1CC(C)CN(C(=O)CSc2nnc3c(Cl)cc(C(F)(F)F)cn23)C1. The van der Waals surface area contributed by atoms with Crippen molar-refractivity contribution < 1.29 is 18.0 Å². The summed E-state index contributed by atoms with van der Waals surface area (Å²) in [6, 6.07) is 0.821. The molecule has 2 atom stereocenters. The second-order valence-electron chi connectivity index (χ2n) is 6.78. The molecule has 0 aliphatic carbocycles. The van der Waals surface area contributed by atoms with Crippen LogP contribution in [0.25, 0.3) is 5.65 Å². The van der Waals surface area contributed by atoms with E-state index in [4.69, 9.17) is 11.6 Å². The molecule has 2 aromatic heterocycles. The van der Waals surface area contributed by atoms with Crippen molar-refractivity contribution in [2.75, 3.05) is 18.8 Å². The normalized spacial score (nSPS) is 21.4. The van der Waals surface area contributed by atoms with E-state index in [0.717, 1.165) is 30.4 Å². The van der Waals surface area contributed by atoms with Crippen molar-refractivity contribution in [3.8, 4) is 0 Å². The predicted octanol–water partition coefficient (Wildman–Crippen LogP) is 4.00. The molecule has 0 aromatic carbocycles. The number of hydrogen-bond acceptors (Lipinski definition) is 4. The summed E-state index contributed by atoms with van der Waals surface area (Å²) < 4.78 is 40.1. The zero-order valence-corrected chi connectivity index (χ0v) is 15.8. The standard InChI is InChI=1S/C16H18ClF3N4OS/c1-9-3-10(2)6-23(5-9)13(25)8-26-15-22-21-14-12(17)4-11(7-24(14)15)16(18,19)20/h4,7,9-10H,3,5-6,8H2,1-2H3. The highest BCUT2D eigenvalue weighted by Crippen LogP contribution is 2.33. The van der Waals surface area contributed by atoms with Crippen LogP contribution in [0.15, 0.2) is 17.4 Å². The molecular weight excluding hydrogens is 389 g/mol. The second kappa shape index (κ2) is 7.26. The highest BCUT2D eigenvalue weighted by Gasteiger charge is 2.32. The first-order valence-corrected chi connectivity index (χ1v) is 9.53. The number of pyridine rings is 1. The van der Waals surface area contributed by atoms with Crippen LogP contribution in [-0.4, -0.2) is 44.2 Å². The zero-order valence-electron chi connectivity index (χ0n) is 14.3. The molecule has 0 spiro atoms. The monoisotopic (exact) mass is 406 g/mol. The Balaban J connectivity index is 1.77. The van der Waals surface area contributed by atoms with Crippen LogP contribution in [-0.2, 0) is 11.0 Å². The summed E-state index contributed by atoms with van der Waals surface area (Å²) in [5.74, 6) is 0.918. The molecule has 1 aliphatic rings. The lowest BCUT2D eigenvalue weighted by Gasteiger charge is -2.34. The summed E-state index contributed by atoms with van der Waals surface area (Å²) >= 11 is 6.95. The molecule has 0 saturated carbocycles. The minimum absolute atomic E-state index is 0.0526. The van der Waals surface area contributed by atoms with E-state index >= 15 is 0 Å². The van der Waals surface area contributed by atoms with Crippen LogP contribution in [0.5, 0.6) is 0 Å². The number of nitrogens with zero attached hydrogens (tertiary/aromatic N) is 4. The Labute approximate surface area is 157 Å². The number of halogens is 4. The fraction of sp³-hybridized carbons (Fsp3) is 0.562. The number of likely N-dealkylation sites (tertiary alicyclic amines) is 1. The molecule has 142 valence electrons. The number of hydrogen-bond donors (Lipinski definition) is 0. The van der Waals surface area contributed by atoms with Gasteiger partial charge in [-0.2, -0.15) is 13.2 Å². The van der Waals surface area contributed by atoms with Crippen LogP contribution >= 0.6 is 23.4 Å². The van der Waals surface area contributed by atoms with E-state index in [0.29, 0.717) is 24.9 Å². The van der Waals surface area contributed by atoms with Crippen molar-refractivity contribution >= 4 is 34.9 Å². The number of amides is 1. The number of aromatic nitrogens is 3. The van der Waals surface area contributed by atoms with Gasteiger partial charge in [0.05, 0.1) is 16.3 Å². The first kappa shape index (κ1) is 19.3. The summed E-state index contributed by atoms with van der Waals surface area (Å²) in [5, 5.41) is 7.78. The Morgan fingerprint density at radius 2 is 1.96 bits per heavy atom. The fourth-order valence-electron chi connectivity index (χ4n) is 3.27. The molecular formula is C16H18ClF3N4OS.